The average Bonchev–Trinajstić information content (AvgIpc) is 3.20. The molecule has 118 valence electrons. The van der Waals surface area contributed by atoms with Crippen molar-refractivity contribution < 1.29 is 4.79 Å². The molecule has 1 aromatic heterocycles. The van der Waals surface area contributed by atoms with E-state index in [0.29, 0.717) is 29.6 Å². The second kappa shape index (κ2) is 4.92. The summed E-state index contributed by atoms with van der Waals surface area (Å²) in [6, 6.07) is 0. The predicted molar refractivity (Wildman–Crippen MR) is 83.6 cm³/mol. The molecule has 5 atom stereocenters. The fraction of sp³-hybridized carbons (Fsp3) is 0.778. The molecule has 5 unspecified atom stereocenters. The van der Waals surface area contributed by atoms with Gasteiger partial charge < -0.3 is 5.32 Å². The number of carbonyl (C=O) groups excluding carboxylic acids is 1. The third kappa shape index (κ3) is 1.92. The Bertz CT molecular complexity index is 585. The first-order valence-corrected chi connectivity index (χ1v) is 9.08. The summed E-state index contributed by atoms with van der Waals surface area (Å²) >= 11 is 0. The summed E-state index contributed by atoms with van der Waals surface area (Å²) in [4.78, 5) is 17.6. The van der Waals surface area contributed by atoms with Crippen molar-refractivity contribution in [3.63, 3.8) is 0 Å². The summed E-state index contributed by atoms with van der Waals surface area (Å²) < 4.78 is 1.83. The Morgan fingerprint density at radius 1 is 1.14 bits per heavy atom. The monoisotopic (exact) mass is 299 g/mol. The highest BCUT2D eigenvalue weighted by molar-refractivity contribution is 5.82. The topological polar surface area (TPSA) is 46.9 Å². The number of piperidine rings is 1. The Kier molecular flexibility index (Phi) is 2.97. The SMILES string of the molecule is O=C(C1C2CC3CC(C2)C1C3)n1cnc(C2CCNCC2)c1. The average molecular weight is 299 g/mol. The molecule has 1 N–H and O–H groups in total. The maximum atomic E-state index is 13.0. The van der Waals surface area contributed by atoms with Crippen molar-refractivity contribution in [1.29, 1.82) is 0 Å². The number of carbonyl (C=O) groups is 1. The second-order valence-electron chi connectivity index (χ2n) is 8.09. The number of hydrogen-bond acceptors (Lipinski definition) is 3. The first-order valence-electron chi connectivity index (χ1n) is 9.08. The van der Waals surface area contributed by atoms with Crippen LogP contribution in [0.2, 0.25) is 0 Å². The molecule has 0 aromatic carbocycles. The Balaban J connectivity index is 1.36. The van der Waals surface area contributed by atoms with Crippen LogP contribution in [-0.2, 0) is 0 Å². The third-order valence-electron chi connectivity index (χ3n) is 6.96. The van der Waals surface area contributed by atoms with Crippen molar-refractivity contribution >= 4 is 5.91 Å². The van der Waals surface area contributed by atoms with Gasteiger partial charge in [0, 0.05) is 18.0 Å². The number of nitrogens with zero attached hydrogens (tertiary/aromatic N) is 2. The lowest BCUT2D eigenvalue weighted by Crippen LogP contribution is -2.33. The number of hydrogen-bond donors (Lipinski definition) is 1. The Labute approximate surface area is 131 Å². The molecule has 0 spiro atoms. The van der Waals surface area contributed by atoms with E-state index in [0.717, 1.165) is 43.5 Å². The van der Waals surface area contributed by atoms with Crippen LogP contribution in [-0.4, -0.2) is 28.5 Å². The van der Waals surface area contributed by atoms with Gasteiger partial charge in [-0.25, -0.2) is 4.98 Å². The van der Waals surface area contributed by atoms with Gasteiger partial charge in [-0.15, -0.1) is 0 Å². The van der Waals surface area contributed by atoms with Gasteiger partial charge >= 0.3 is 0 Å². The maximum absolute atomic E-state index is 13.0. The van der Waals surface area contributed by atoms with Gasteiger partial charge in [-0.1, -0.05) is 0 Å². The summed E-state index contributed by atoms with van der Waals surface area (Å²) in [5, 5.41) is 3.39. The van der Waals surface area contributed by atoms with Gasteiger partial charge in [0.25, 0.3) is 0 Å². The molecule has 4 aliphatic carbocycles. The Morgan fingerprint density at radius 2 is 1.95 bits per heavy atom. The molecule has 1 aliphatic heterocycles. The standard InChI is InChI=1S/C18H25N3O/c22-18(17-14-6-11-5-13(8-14)15(17)7-11)21-9-16(20-10-21)12-1-3-19-4-2-12/h9-15,17,19H,1-8H2. The molecular formula is C18H25N3O. The fourth-order valence-corrected chi connectivity index (χ4v) is 6.08. The Hall–Kier alpha value is -1.16. The van der Waals surface area contributed by atoms with E-state index in [1.54, 1.807) is 6.33 Å². The third-order valence-corrected chi connectivity index (χ3v) is 6.96. The molecule has 4 nitrogen and oxygen atoms in total. The minimum Gasteiger partial charge on any atom is -0.317 e. The Morgan fingerprint density at radius 3 is 2.77 bits per heavy atom. The minimum atomic E-state index is 0.291. The second-order valence-corrected chi connectivity index (χ2v) is 8.09. The van der Waals surface area contributed by atoms with Gasteiger partial charge in [-0.05, 0) is 75.3 Å². The highest BCUT2D eigenvalue weighted by Gasteiger charge is 2.56. The van der Waals surface area contributed by atoms with E-state index in [1.807, 2.05) is 10.8 Å². The molecule has 1 aromatic rings. The van der Waals surface area contributed by atoms with Crippen LogP contribution in [0.4, 0.5) is 0 Å². The molecule has 0 amide bonds. The number of imidazole rings is 1. The predicted octanol–water partition coefficient (Wildman–Crippen LogP) is 2.67. The molecular weight excluding hydrogens is 274 g/mol. The van der Waals surface area contributed by atoms with Crippen molar-refractivity contribution in [3.05, 3.63) is 18.2 Å². The number of aromatic nitrogens is 2. The number of rotatable bonds is 2. The van der Waals surface area contributed by atoms with E-state index < -0.39 is 0 Å². The van der Waals surface area contributed by atoms with Crippen LogP contribution >= 0.6 is 0 Å². The van der Waals surface area contributed by atoms with Crippen LogP contribution in [0.1, 0.15) is 54.9 Å². The first kappa shape index (κ1) is 13.3. The van der Waals surface area contributed by atoms with Gasteiger partial charge in [-0.3, -0.25) is 9.36 Å². The van der Waals surface area contributed by atoms with Crippen molar-refractivity contribution in [2.24, 2.45) is 29.6 Å². The zero-order valence-corrected chi connectivity index (χ0v) is 13.1. The fourth-order valence-electron chi connectivity index (χ4n) is 6.08. The van der Waals surface area contributed by atoms with Crippen LogP contribution in [0.15, 0.2) is 12.5 Å². The van der Waals surface area contributed by atoms with Gasteiger partial charge in [0.05, 0.1) is 5.69 Å². The molecule has 4 saturated carbocycles. The lowest BCUT2D eigenvalue weighted by atomic mass is 9.75. The maximum Gasteiger partial charge on any atom is 0.235 e. The van der Waals surface area contributed by atoms with E-state index in [9.17, 15) is 4.79 Å². The van der Waals surface area contributed by atoms with Crippen LogP contribution in [0.3, 0.4) is 0 Å². The van der Waals surface area contributed by atoms with Gasteiger partial charge in [0.2, 0.25) is 5.91 Å². The molecule has 6 rings (SSSR count). The molecule has 2 heterocycles. The van der Waals surface area contributed by atoms with Crippen LogP contribution < -0.4 is 5.32 Å². The summed E-state index contributed by atoms with van der Waals surface area (Å²) in [5.41, 5.74) is 1.13. The molecule has 22 heavy (non-hydrogen) atoms. The summed E-state index contributed by atoms with van der Waals surface area (Å²) in [5.74, 6) is 4.30. The summed E-state index contributed by atoms with van der Waals surface area (Å²) in [6.45, 7) is 2.14. The lowest BCUT2D eigenvalue weighted by Gasteiger charge is -2.31. The van der Waals surface area contributed by atoms with E-state index >= 15 is 0 Å². The van der Waals surface area contributed by atoms with E-state index in [4.69, 9.17) is 0 Å². The van der Waals surface area contributed by atoms with Crippen molar-refractivity contribution in [2.75, 3.05) is 13.1 Å². The minimum absolute atomic E-state index is 0.291. The van der Waals surface area contributed by atoms with Crippen LogP contribution in [0.5, 0.6) is 0 Å². The van der Waals surface area contributed by atoms with Crippen LogP contribution in [0.25, 0.3) is 0 Å². The molecule has 5 aliphatic rings. The normalized spacial score (nSPS) is 40.5. The van der Waals surface area contributed by atoms with Crippen molar-refractivity contribution in [1.82, 2.24) is 14.9 Å². The highest BCUT2D eigenvalue weighted by Crippen LogP contribution is 2.61. The van der Waals surface area contributed by atoms with Crippen molar-refractivity contribution in [2.45, 2.75) is 44.4 Å². The highest BCUT2D eigenvalue weighted by atomic mass is 16.2. The van der Waals surface area contributed by atoms with Gasteiger partial charge in [-0.2, -0.15) is 0 Å². The number of nitrogens with one attached hydrogen (secondary N) is 1. The smallest absolute Gasteiger partial charge is 0.235 e. The van der Waals surface area contributed by atoms with E-state index in [2.05, 4.69) is 10.3 Å². The quantitative estimate of drug-likeness (QED) is 0.913. The summed E-state index contributed by atoms with van der Waals surface area (Å²) in [6.07, 6.45) is 11.4. The molecule has 1 saturated heterocycles. The zero-order chi connectivity index (χ0) is 14.7. The van der Waals surface area contributed by atoms with Gasteiger partial charge in [0.1, 0.15) is 6.33 Å². The molecule has 4 bridgehead atoms. The van der Waals surface area contributed by atoms with Crippen LogP contribution in [0, 0.1) is 29.6 Å². The lowest BCUT2D eigenvalue weighted by molar-refractivity contribution is 0.0703. The molecule has 0 radical (unpaired) electrons. The first-order chi connectivity index (χ1) is 10.8. The van der Waals surface area contributed by atoms with Gasteiger partial charge in [0.15, 0.2) is 0 Å². The zero-order valence-electron chi connectivity index (χ0n) is 13.1. The van der Waals surface area contributed by atoms with E-state index in [1.165, 1.54) is 25.7 Å². The summed E-state index contributed by atoms with van der Waals surface area (Å²) in [7, 11) is 0. The largest absolute Gasteiger partial charge is 0.317 e. The molecule has 4 heteroatoms. The van der Waals surface area contributed by atoms with Crippen molar-refractivity contribution in [3.8, 4) is 0 Å². The molecule has 5 fully saturated rings. The van der Waals surface area contributed by atoms with E-state index in [-0.39, 0.29) is 0 Å².